The quantitative estimate of drug-likeness (QED) is 0.843. The van der Waals surface area contributed by atoms with Crippen LogP contribution in [-0.2, 0) is 0 Å². The fourth-order valence-electron chi connectivity index (χ4n) is 2.88. The van der Waals surface area contributed by atoms with E-state index in [0.717, 1.165) is 29.3 Å². The summed E-state index contributed by atoms with van der Waals surface area (Å²) in [6, 6.07) is 14.7. The molecule has 0 spiro atoms. The van der Waals surface area contributed by atoms with E-state index in [1.54, 1.807) is 0 Å². The van der Waals surface area contributed by atoms with Gasteiger partial charge in [0.1, 0.15) is 5.82 Å². The minimum Gasteiger partial charge on any atom is -0.399 e. The monoisotopic (exact) mass is 267 g/mol. The highest BCUT2D eigenvalue weighted by atomic mass is 15.2. The summed E-state index contributed by atoms with van der Waals surface area (Å²) in [7, 11) is 0. The van der Waals surface area contributed by atoms with Gasteiger partial charge in [-0.05, 0) is 50.5 Å². The van der Waals surface area contributed by atoms with E-state index in [1.807, 2.05) is 24.3 Å². The van der Waals surface area contributed by atoms with Gasteiger partial charge in [0, 0.05) is 23.8 Å². The van der Waals surface area contributed by atoms with Crippen LogP contribution in [0.3, 0.4) is 0 Å². The number of rotatable bonds is 2. The highest BCUT2D eigenvalue weighted by Gasteiger charge is 2.19. The zero-order chi connectivity index (χ0) is 13.9. The lowest BCUT2D eigenvalue weighted by atomic mass is 10.0. The molecule has 3 rings (SSSR count). The van der Waals surface area contributed by atoms with Crippen LogP contribution >= 0.6 is 0 Å². The van der Waals surface area contributed by atoms with Crippen molar-refractivity contribution in [3.63, 3.8) is 0 Å². The molecule has 2 aromatic rings. The van der Waals surface area contributed by atoms with E-state index in [1.165, 1.54) is 19.3 Å². The van der Waals surface area contributed by atoms with Gasteiger partial charge in [-0.15, -0.1) is 0 Å². The second kappa shape index (κ2) is 5.53. The second-order valence-corrected chi connectivity index (χ2v) is 5.54. The molecule has 1 saturated heterocycles. The smallest absolute Gasteiger partial charge is 0.129 e. The predicted molar refractivity (Wildman–Crippen MR) is 84.7 cm³/mol. The molecular weight excluding hydrogens is 246 g/mol. The van der Waals surface area contributed by atoms with Gasteiger partial charge in [-0.3, -0.25) is 0 Å². The Hall–Kier alpha value is -2.03. The first-order valence-electron chi connectivity index (χ1n) is 7.33. The molecule has 1 aliphatic rings. The summed E-state index contributed by atoms with van der Waals surface area (Å²) in [5.74, 6) is 1.08. The number of hydrogen-bond donors (Lipinski definition) is 1. The van der Waals surface area contributed by atoms with Crippen LogP contribution in [0.4, 0.5) is 11.5 Å². The van der Waals surface area contributed by atoms with Crippen LogP contribution in [0, 0.1) is 0 Å². The average Bonchev–Trinajstić information content (AvgIpc) is 2.48. The first kappa shape index (κ1) is 13.0. The van der Waals surface area contributed by atoms with E-state index in [4.69, 9.17) is 10.7 Å². The van der Waals surface area contributed by atoms with Crippen LogP contribution < -0.4 is 10.6 Å². The molecule has 1 fully saturated rings. The Morgan fingerprint density at radius 1 is 1.15 bits per heavy atom. The summed E-state index contributed by atoms with van der Waals surface area (Å²) in [6.07, 6.45) is 3.84. The van der Waals surface area contributed by atoms with Gasteiger partial charge in [-0.2, -0.15) is 0 Å². The molecule has 3 heteroatoms. The van der Waals surface area contributed by atoms with E-state index < -0.39 is 0 Å². The molecule has 1 aromatic heterocycles. The standard InChI is InChI=1S/C17H21N3/c1-13-6-2-3-11-20(13)17-10-5-9-16(19-17)14-7-4-8-15(18)12-14/h4-5,7-10,12-13H,2-3,6,11,18H2,1H3. The second-order valence-electron chi connectivity index (χ2n) is 5.54. The van der Waals surface area contributed by atoms with Gasteiger partial charge >= 0.3 is 0 Å². The van der Waals surface area contributed by atoms with Crippen molar-refractivity contribution in [3.05, 3.63) is 42.5 Å². The maximum Gasteiger partial charge on any atom is 0.129 e. The maximum absolute atomic E-state index is 5.86. The van der Waals surface area contributed by atoms with Gasteiger partial charge in [0.15, 0.2) is 0 Å². The van der Waals surface area contributed by atoms with Crippen LogP contribution in [0.5, 0.6) is 0 Å². The molecule has 1 unspecified atom stereocenters. The Labute approximate surface area is 120 Å². The minimum atomic E-state index is 0.576. The average molecular weight is 267 g/mol. The van der Waals surface area contributed by atoms with Gasteiger partial charge in [0.2, 0.25) is 0 Å². The molecule has 2 N–H and O–H groups in total. The van der Waals surface area contributed by atoms with Crippen LogP contribution in [0.25, 0.3) is 11.3 Å². The predicted octanol–water partition coefficient (Wildman–Crippen LogP) is 3.71. The number of pyridine rings is 1. The van der Waals surface area contributed by atoms with Gasteiger partial charge in [-0.25, -0.2) is 4.98 Å². The van der Waals surface area contributed by atoms with Crippen molar-refractivity contribution in [2.45, 2.75) is 32.2 Å². The fraction of sp³-hybridized carbons (Fsp3) is 0.353. The molecule has 20 heavy (non-hydrogen) atoms. The van der Waals surface area contributed by atoms with E-state index in [2.05, 4.69) is 30.0 Å². The first-order chi connectivity index (χ1) is 9.74. The third kappa shape index (κ3) is 2.62. The van der Waals surface area contributed by atoms with Crippen LogP contribution in [0.15, 0.2) is 42.5 Å². The number of nitrogen functional groups attached to an aromatic ring is 1. The largest absolute Gasteiger partial charge is 0.399 e. The minimum absolute atomic E-state index is 0.576. The Morgan fingerprint density at radius 3 is 2.80 bits per heavy atom. The number of aromatic nitrogens is 1. The molecule has 0 saturated carbocycles. The van der Waals surface area contributed by atoms with Gasteiger partial charge in [-0.1, -0.05) is 18.2 Å². The van der Waals surface area contributed by atoms with Crippen molar-refractivity contribution in [1.29, 1.82) is 0 Å². The Balaban J connectivity index is 1.93. The van der Waals surface area contributed by atoms with E-state index in [-0.39, 0.29) is 0 Å². The normalized spacial score (nSPS) is 19.1. The zero-order valence-corrected chi connectivity index (χ0v) is 11.9. The summed E-state index contributed by atoms with van der Waals surface area (Å²) in [5, 5.41) is 0. The van der Waals surface area contributed by atoms with Crippen LogP contribution in [0.1, 0.15) is 26.2 Å². The first-order valence-corrected chi connectivity index (χ1v) is 7.33. The number of nitrogens with zero attached hydrogens (tertiary/aromatic N) is 2. The number of anilines is 2. The number of piperidine rings is 1. The topological polar surface area (TPSA) is 42.1 Å². The third-order valence-corrected chi connectivity index (χ3v) is 4.01. The molecule has 0 radical (unpaired) electrons. The van der Waals surface area contributed by atoms with Crippen molar-refractivity contribution in [1.82, 2.24) is 4.98 Å². The summed E-state index contributed by atoms with van der Waals surface area (Å²) >= 11 is 0. The lowest BCUT2D eigenvalue weighted by Crippen LogP contribution is -2.37. The van der Waals surface area contributed by atoms with E-state index in [9.17, 15) is 0 Å². The maximum atomic E-state index is 5.86. The Kier molecular flexibility index (Phi) is 3.59. The molecule has 104 valence electrons. The fourth-order valence-corrected chi connectivity index (χ4v) is 2.88. The van der Waals surface area contributed by atoms with Crippen LogP contribution in [0.2, 0.25) is 0 Å². The lowest BCUT2D eigenvalue weighted by Gasteiger charge is -2.34. The zero-order valence-electron chi connectivity index (χ0n) is 11.9. The number of benzene rings is 1. The van der Waals surface area contributed by atoms with Crippen molar-refractivity contribution < 1.29 is 0 Å². The summed E-state index contributed by atoms with van der Waals surface area (Å²) in [5.41, 5.74) is 8.71. The molecule has 1 aliphatic heterocycles. The summed E-state index contributed by atoms with van der Waals surface area (Å²) in [4.78, 5) is 7.24. The molecule has 0 aliphatic carbocycles. The molecule has 2 heterocycles. The Morgan fingerprint density at radius 2 is 2.00 bits per heavy atom. The lowest BCUT2D eigenvalue weighted by molar-refractivity contribution is 0.481. The molecule has 0 amide bonds. The van der Waals surface area contributed by atoms with E-state index >= 15 is 0 Å². The van der Waals surface area contributed by atoms with E-state index in [0.29, 0.717) is 6.04 Å². The van der Waals surface area contributed by atoms with Gasteiger partial charge in [0.25, 0.3) is 0 Å². The van der Waals surface area contributed by atoms with Gasteiger partial charge in [0.05, 0.1) is 5.69 Å². The SMILES string of the molecule is CC1CCCCN1c1cccc(-c2cccc(N)c2)n1. The molecular formula is C17H21N3. The number of nitrogens with two attached hydrogens (primary N) is 1. The highest BCUT2D eigenvalue weighted by Crippen LogP contribution is 2.26. The van der Waals surface area contributed by atoms with Crippen LogP contribution in [-0.4, -0.2) is 17.6 Å². The summed E-state index contributed by atoms with van der Waals surface area (Å²) < 4.78 is 0. The number of hydrogen-bond acceptors (Lipinski definition) is 3. The summed E-state index contributed by atoms with van der Waals surface area (Å²) in [6.45, 7) is 3.39. The molecule has 0 bridgehead atoms. The molecule has 1 aromatic carbocycles. The molecule has 3 nitrogen and oxygen atoms in total. The van der Waals surface area contributed by atoms with Crippen molar-refractivity contribution >= 4 is 11.5 Å². The van der Waals surface area contributed by atoms with Gasteiger partial charge < -0.3 is 10.6 Å². The third-order valence-electron chi connectivity index (χ3n) is 4.01. The van der Waals surface area contributed by atoms with Crippen molar-refractivity contribution in [3.8, 4) is 11.3 Å². The molecule has 1 atom stereocenters. The van der Waals surface area contributed by atoms with Crippen molar-refractivity contribution in [2.24, 2.45) is 0 Å². The Bertz CT molecular complexity index is 594. The highest BCUT2D eigenvalue weighted by molar-refractivity contribution is 5.65. The van der Waals surface area contributed by atoms with Crippen molar-refractivity contribution in [2.75, 3.05) is 17.2 Å².